The van der Waals surface area contributed by atoms with Gasteiger partial charge in [-0.05, 0) is 36.8 Å². The number of hydrogen-bond acceptors (Lipinski definition) is 4. The molecule has 0 bridgehead atoms. The molecule has 128 valence electrons. The van der Waals surface area contributed by atoms with E-state index >= 15 is 0 Å². The number of aromatic nitrogens is 2. The molecule has 25 heavy (non-hydrogen) atoms. The van der Waals surface area contributed by atoms with Gasteiger partial charge < -0.3 is 4.90 Å². The minimum atomic E-state index is -0.0555. The number of nitrogens with zero attached hydrogens (tertiary/aromatic N) is 3. The molecule has 0 aliphatic heterocycles. The molecule has 0 saturated carbocycles. The van der Waals surface area contributed by atoms with Gasteiger partial charge in [0, 0.05) is 23.6 Å². The Kier molecular flexibility index (Phi) is 5.46. The summed E-state index contributed by atoms with van der Waals surface area (Å²) in [5, 5.41) is 3.42. The summed E-state index contributed by atoms with van der Waals surface area (Å²) in [6, 6.07) is 13.2. The molecule has 0 N–H and O–H groups in total. The number of hydrogen-bond donors (Lipinski definition) is 0. The molecule has 3 aromatic rings. The zero-order chi connectivity index (χ0) is 17.8. The number of halogens is 1. The molecule has 1 atom stereocenters. The van der Waals surface area contributed by atoms with Crippen molar-refractivity contribution in [3.63, 3.8) is 0 Å². The van der Waals surface area contributed by atoms with Crippen LogP contribution in [0.2, 0.25) is 5.02 Å². The second-order valence-electron chi connectivity index (χ2n) is 5.77. The topological polar surface area (TPSA) is 46.1 Å². The van der Waals surface area contributed by atoms with Crippen molar-refractivity contribution in [1.29, 1.82) is 0 Å². The highest BCUT2D eigenvalue weighted by Crippen LogP contribution is 2.24. The van der Waals surface area contributed by atoms with E-state index in [-0.39, 0.29) is 18.4 Å². The first-order chi connectivity index (χ1) is 12.0. The Morgan fingerprint density at radius 1 is 1.28 bits per heavy atom. The zero-order valence-corrected chi connectivity index (χ0v) is 15.6. The van der Waals surface area contributed by atoms with Crippen molar-refractivity contribution in [3.8, 4) is 10.7 Å². The Balaban J connectivity index is 1.68. The molecule has 2 heterocycles. The fourth-order valence-corrected chi connectivity index (χ4v) is 3.47. The van der Waals surface area contributed by atoms with Crippen LogP contribution in [0.4, 0.5) is 0 Å². The van der Waals surface area contributed by atoms with Crippen LogP contribution in [0.15, 0.2) is 54.0 Å². The minimum Gasteiger partial charge on any atom is -0.339 e. The fourth-order valence-electron chi connectivity index (χ4n) is 2.48. The molecular weight excluding hydrogens is 354 g/mol. The minimum absolute atomic E-state index is 0.0188. The van der Waals surface area contributed by atoms with E-state index in [0.717, 1.165) is 22.0 Å². The molecule has 1 unspecified atom stereocenters. The molecule has 0 spiro atoms. The number of likely N-dealkylation sites (N-methyl/N-ethyl adjacent to an activating group) is 1. The number of amides is 1. The smallest absolute Gasteiger partial charge is 0.228 e. The van der Waals surface area contributed by atoms with E-state index in [0.29, 0.717) is 5.02 Å². The summed E-state index contributed by atoms with van der Waals surface area (Å²) in [5.74, 6) is 0.0188. The number of carbonyl (C=O) groups excluding carboxylic acids is 1. The molecule has 0 fully saturated rings. The molecule has 0 radical (unpaired) electrons. The average molecular weight is 372 g/mol. The van der Waals surface area contributed by atoms with Crippen molar-refractivity contribution < 1.29 is 4.79 Å². The molecule has 0 saturated heterocycles. The number of rotatable bonds is 5. The van der Waals surface area contributed by atoms with Gasteiger partial charge in [0.2, 0.25) is 5.91 Å². The Morgan fingerprint density at radius 2 is 2.12 bits per heavy atom. The first kappa shape index (κ1) is 17.6. The van der Waals surface area contributed by atoms with Gasteiger partial charge in [-0.1, -0.05) is 29.8 Å². The molecular formula is C19H18ClN3OS. The molecule has 0 aliphatic carbocycles. The summed E-state index contributed by atoms with van der Waals surface area (Å²) in [7, 11) is 1.81. The van der Waals surface area contributed by atoms with Crippen molar-refractivity contribution in [2.24, 2.45) is 0 Å². The van der Waals surface area contributed by atoms with Crippen LogP contribution in [0.3, 0.4) is 0 Å². The van der Waals surface area contributed by atoms with E-state index in [1.165, 1.54) is 11.3 Å². The normalized spacial score (nSPS) is 12.0. The first-order valence-corrected chi connectivity index (χ1v) is 9.17. The van der Waals surface area contributed by atoms with Gasteiger partial charge in [0.1, 0.15) is 5.01 Å². The molecule has 3 rings (SSSR count). The van der Waals surface area contributed by atoms with E-state index in [4.69, 9.17) is 11.6 Å². The number of pyridine rings is 1. The SMILES string of the molecule is CC(c1cccc(Cl)c1)N(C)C(=O)Cc1csc(-c2ccccn2)n1. The second-order valence-corrected chi connectivity index (χ2v) is 7.07. The van der Waals surface area contributed by atoms with E-state index in [1.54, 1.807) is 18.1 Å². The van der Waals surface area contributed by atoms with Crippen LogP contribution in [0.25, 0.3) is 10.7 Å². The average Bonchev–Trinajstić information content (AvgIpc) is 3.09. The van der Waals surface area contributed by atoms with Gasteiger partial charge in [-0.2, -0.15) is 0 Å². The van der Waals surface area contributed by atoms with Gasteiger partial charge in [0.25, 0.3) is 0 Å². The van der Waals surface area contributed by atoms with Crippen molar-refractivity contribution in [3.05, 3.63) is 70.3 Å². The van der Waals surface area contributed by atoms with Crippen LogP contribution < -0.4 is 0 Å². The third-order valence-electron chi connectivity index (χ3n) is 4.07. The Bertz CT molecular complexity index is 866. The van der Waals surface area contributed by atoms with Crippen LogP contribution in [-0.2, 0) is 11.2 Å². The Hall–Kier alpha value is -2.24. The van der Waals surface area contributed by atoms with Crippen LogP contribution in [0.1, 0.15) is 24.2 Å². The van der Waals surface area contributed by atoms with Gasteiger partial charge in [-0.15, -0.1) is 11.3 Å². The van der Waals surface area contributed by atoms with E-state index in [1.807, 2.05) is 54.8 Å². The third kappa shape index (κ3) is 4.24. The van der Waals surface area contributed by atoms with Gasteiger partial charge in [-0.25, -0.2) is 4.98 Å². The monoisotopic (exact) mass is 371 g/mol. The lowest BCUT2D eigenvalue weighted by atomic mass is 10.1. The maximum absolute atomic E-state index is 12.6. The lowest BCUT2D eigenvalue weighted by Crippen LogP contribution is -2.31. The number of carbonyl (C=O) groups is 1. The molecule has 2 aromatic heterocycles. The van der Waals surface area contributed by atoms with E-state index < -0.39 is 0 Å². The maximum Gasteiger partial charge on any atom is 0.228 e. The molecule has 4 nitrogen and oxygen atoms in total. The molecule has 1 amide bonds. The van der Waals surface area contributed by atoms with Crippen molar-refractivity contribution in [2.45, 2.75) is 19.4 Å². The second kappa shape index (κ2) is 7.76. The van der Waals surface area contributed by atoms with Crippen molar-refractivity contribution in [2.75, 3.05) is 7.05 Å². The van der Waals surface area contributed by atoms with Crippen LogP contribution in [-0.4, -0.2) is 27.8 Å². The molecule has 0 aliphatic rings. The lowest BCUT2D eigenvalue weighted by Gasteiger charge is -2.25. The summed E-state index contributed by atoms with van der Waals surface area (Å²) >= 11 is 7.55. The Labute approximate surface area is 156 Å². The van der Waals surface area contributed by atoms with Gasteiger partial charge >= 0.3 is 0 Å². The summed E-state index contributed by atoms with van der Waals surface area (Å²) < 4.78 is 0. The Morgan fingerprint density at radius 3 is 2.84 bits per heavy atom. The zero-order valence-electron chi connectivity index (χ0n) is 14.0. The van der Waals surface area contributed by atoms with Crippen LogP contribution in [0.5, 0.6) is 0 Å². The quantitative estimate of drug-likeness (QED) is 0.657. The fraction of sp³-hybridized carbons (Fsp3) is 0.211. The van der Waals surface area contributed by atoms with Crippen molar-refractivity contribution in [1.82, 2.24) is 14.9 Å². The first-order valence-electron chi connectivity index (χ1n) is 7.91. The lowest BCUT2D eigenvalue weighted by molar-refractivity contribution is -0.131. The summed E-state index contributed by atoms with van der Waals surface area (Å²) in [6.07, 6.45) is 2.01. The molecule has 1 aromatic carbocycles. The third-order valence-corrected chi connectivity index (χ3v) is 5.22. The summed E-state index contributed by atoms with van der Waals surface area (Å²) in [6.45, 7) is 1.99. The van der Waals surface area contributed by atoms with Crippen LogP contribution in [0, 0.1) is 0 Å². The number of benzene rings is 1. The van der Waals surface area contributed by atoms with Crippen LogP contribution >= 0.6 is 22.9 Å². The van der Waals surface area contributed by atoms with Gasteiger partial charge in [0.05, 0.1) is 23.9 Å². The highest BCUT2D eigenvalue weighted by Gasteiger charge is 2.19. The standard InChI is InChI=1S/C19H18ClN3OS/c1-13(14-6-5-7-15(20)10-14)23(2)18(24)11-16-12-25-19(22-16)17-8-3-4-9-21-17/h3-10,12-13H,11H2,1-2H3. The highest BCUT2D eigenvalue weighted by molar-refractivity contribution is 7.13. The summed E-state index contributed by atoms with van der Waals surface area (Å²) in [5.41, 5.74) is 2.60. The van der Waals surface area contributed by atoms with E-state index in [9.17, 15) is 4.79 Å². The highest BCUT2D eigenvalue weighted by atomic mass is 35.5. The van der Waals surface area contributed by atoms with E-state index in [2.05, 4.69) is 9.97 Å². The predicted octanol–water partition coefficient (Wildman–Crippen LogP) is 4.62. The predicted molar refractivity (Wildman–Crippen MR) is 102 cm³/mol. The molecule has 6 heteroatoms. The summed E-state index contributed by atoms with van der Waals surface area (Å²) in [4.78, 5) is 23.2. The van der Waals surface area contributed by atoms with Gasteiger partial charge in [0.15, 0.2) is 0 Å². The van der Waals surface area contributed by atoms with Gasteiger partial charge in [-0.3, -0.25) is 9.78 Å². The maximum atomic E-state index is 12.6. The largest absolute Gasteiger partial charge is 0.339 e. The number of thiazole rings is 1. The van der Waals surface area contributed by atoms with Crippen molar-refractivity contribution >= 4 is 28.8 Å².